The Morgan fingerprint density at radius 2 is 1.82 bits per heavy atom. The van der Waals surface area contributed by atoms with E-state index in [1.54, 1.807) is 0 Å². The number of hydrogen-bond acceptors (Lipinski definition) is 2. The van der Waals surface area contributed by atoms with Crippen LogP contribution in [0.15, 0.2) is 0 Å². The van der Waals surface area contributed by atoms with E-state index in [2.05, 4.69) is 27.7 Å². The van der Waals surface area contributed by atoms with E-state index >= 15 is 0 Å². The molecular weight excluding hydrogens is 137 g/mol. The lowest BCUT2D eigenvalue weighted by Crippen LogP contribution is -2.53. The van der Waals surface area contributed by atoms with Gasteiger partial charge < -0.3 is 10.3 Å². The van der Waals surface area contributed by atoms with Crippen molar-refractivity contribution in [2.24, 2.45) is 11.1 Å². The average Bonchev–Trinajstić information content (AvgIpc) is 1.80. The Kier molecular flexibility index (Phi) is 2.06. The Morgan fingerprint density at radius 3 is 2.18 bits per heavy atom. The van der Waals surface area contributed by atoms with Crippen LogP contribution in [0.25, 0.3) is 0 Å². The first-order valence-electron chi connectivity index (χ1n) is 4.28. The van der Waals surface area contributed by atoms with Crippen LogP contribution in [0.1, 0.15) is 34.1 Å². The van der Waals surface area contributed by atoms with Crippen molar-refractivity contribution in [2.75, 3.05) is 0 Å². The van der Waals surface area contributed by atoms with Gasteiger partial charge in [-0.3, -0.25) is 0 Å². The third-order valence-corrected chi connectivity index (χ3v) is 3.13. The molecule has 0 spiro atoms. The zero-order valence-corrected chi connectivity index (χ0v) is 7.98. The molecule has 0 atom stereocenters. The molecule has 11 heavy (non-hydrogen) atoms. The molecule has 1 fully saturated rings. The van der Waals surface area contributed by atoms with Gasteiger partial charge in [0.25, 0.3) is 0 Å². The van der Waals surface area contributed by atoms with Crippen molar-refractivity contribution in [3.8, 4) is 0 Å². The van der Waals surface area contributed by atoms with Gasteiger partial charge >= 0.3 is 7.05 Å². The first-order chi connectivity index (χ1) is 4.85. The molecular formula is C8H18BNO. The molecule has 0 amide bonds. The second-order valence-corrected chi connectivity index (χ2v) is 4.59. The molecule has 0 aliphatic carbocycles. The Morgan fingerprint density at radius 1 is 1.27 bits per heavy atom. The summed E-state index contributed by atoms with van der Waals surface area (Å²) in [5, 5.41) is 0. The van der Waals surface area contributed by atoms with Gasteiger partial charge in [-0.15, -0.1) is 0 Å². The minimum absolute atomic E-state index is 0.0574. The van der Waals surface area contributed by atoms with Crippen molar-refractivity contribution in [2.45, 2.75) is 46.0 Å². The second-order valence-electron chi connectivity index (χ2n) is 4.59. The van der Waals surface area contributed by atoms with Crippen LogP contribution in [0.2, 0.25) is 6.32 Å². The maximum absolute atomic E-state index is 5.71. The molecule has 1 heterocycles. The molecule has 0 bridgehead atoms. The fraction of sp³-hybridized carbons (Fsp3) is 1.00. The lowest BCUT2D eigenvalue weighted by atomic mass is 9.61. The predicted octanol–water partition coefficient (Wildman–Crippen LogP) is 1.66. The van der Waals surface area contributed by atoms with Crippen LogP contribution < -0.4 is 5.64 Å². The summed E-state index contributed by atoms with van der Waals surface area (Å²) in [5.41, 5.74) is 5.88. The standard InChI is InChI=1S/C8H18BNO/c1-7(2)5-6-9(10)11-8(7,3)4/h5-6,10H2,1-4H3. The molecule has 2 nitrogen and oxygen atoms in total. The van der Waals surface area contributed by atoms with Crippen molar-refractivity contribution in [1.29, 1.82) is 0 Å². The van der Waals surface area contributed by atoms with Gasteiger partial charge in [-0.25, -0.2) is 0 Å². The Balaban J connectivity index is 2.72. The Labute approximate surface area is 69.6 Å². The molecule has 1 aliphatic rings. The summed E-state index contributed by atoms with van der Waals surface area (Å²) in [6.45, 7) is 8.70. The van der Waals surface area contributed by atoms with Crippen LogP contribution in [-0.4, -0.2) is 12.7 Å². The fourth-order valence-corrected chi connectivity index (χ4v) is 1.40. The molecule has 1 aliphatic heterocycles. The summed E-state index contributed by atoms with van der Waals surface area (Å²) in [4.78, 5) is 0. The SMILES string of the molecule is CC1(C)CCB(N)OC1(C)C. The lowest BCUT2D eigenvalue weighted by Gasteiger charge is -2.47. The summed E-state index contributed by atoms with van der Waals surface area (Å²) >= 11 is 0. The highest BCUT2D eigenvalue weighted by atomic mass is 16.5. The Bertz CT molecular complexity index is 156. The van der Waals surface area contributed by atoms with E-state index in [1.807, 2.05) is 0 Å². The lowest BCUT2D eigenvalue weighted by molar-refractivity contribution is -0.0337. The van der Waals surface area contributed by atoms with Gasteiger partial charge in [0.1, 0.15) is 0 Å². The van der Waals surface area contributed by atoms with Crippen LogP contribution in [-0.2, 0) is 4.65 Å². The predicted molar refractivity (Wildman–Crippen MR) is 48.3 cm³/mol. The van der Waals surface area contributed by atoms with Crippen molar-refractivity contribution in [3.05, 3.63) is 0 Å². The van der Waals surface area contributed by atoms with E-state index in [4.69, 9.17) is 10.3 Å². The van der Waals surface area contributed by atoms with Crippen LogP contribution in [0.5, 0.6) is 0 Å². The van der Waals surface area contributed by atoms with E-state index in [1.165, 1.54) is 0 Å². The second kappa shape index (κ2) is 2.49. The topological polar surface area (TPSA) is 35.2 Å². The molecule has 0 aromatic heterocycles. The van der Waals surface area contributed by atoms with E-state index in [-0.39, 0.29) is 18.1 Å². The van der Waals surface area contributed by atoms with E-state index < -0.39 is 0 Å². The molecule has 64 valence electrons. The highest BCUT2D eigenvalue weighted by Crippen LogP contribution is 2.41. The molecule has 0 aromatic rings. The normalized spacial score (nSPS) is 28.6. The smallest absolute Gasteiger partial charge is 0.377 e. The zero-order chi connectivity index (χ0) is 8.70. The summed E-state index contributed by atoms with van der Waals surface area (Å²) < 4.78 is 5.67. The van der Waals surface area contributed by atoms with Crippen LogP contribution in [0.3, 0.4) is 0 Å². The van der Waals surface area contributed by atoms with Crippen LogP contribution in [0.4, 0.5) is 0 Å². The first kappa shape index (κ1) is 9.08. The number of nitrogens with two attached hydrogens (primary N) is 1. The van der Waals surface area contributed by atoms with Gasteiger partial charge in [-0.2, -0.15) is 0 Å². The third kappa shape index (κ3) is 1.59. The molecule has 0 radical (unpaired) electrons. The quantitative estimate of drug-likeness (QED) is 0.540. The van der Waals surface area contributed by atoms with Crippen molar-refractivity contribution >= 4 is 7.05 Å². The van der Waals surface area contributed by atoms with Gasteiger partial charge in [0, 0.05) is 0 Å². The minimum atomic E-state index is -0.0787. The zero-order valence-electron chi connectivity index (χ0n) is 7.98. The van der Waals surface area contributed by atoms with E-state index in [0.29, 0.717) is 0 Å². The van der Waals surface area contributed by atoms with E-state index in [9.17, 15) is 0 Å². The highest BCUT2D eigenvalue weighted by Gasteiger charge is 2.43. The molecule has 0 saturated carbocycles. The number of rotatable bonds is 0. The molecule has 0 aromatic carbocycles. The summed E-state index contributed by atoms with van der Waals surface area (Å²) in [5.74, 6) is 0. The summed E-state index contributed by atoms with van der Waals surface area (Å²) in [7, 11) is -0.0574. The van der Waals surface area contributed by atoms with Crippen molar-refractivity contribution in [1.82, 2.24) is 0 Å². The molecule has 0 unspecified atom stereocenters. The van der Waals surface area contributed by atoms with Crippen LogP contribution >= 0.6 is 0 Å². The molecule has 3 heteroatoms. The van der Waals surface area contributed by atoms with Gasteiger partial charge in [-0.1, -0.05) is 13.8 Å². The molecule has 1 rings (SSSR count). The first-order valence-corrected chi connectivity index (χ1v) is 4.28. The van der Waals surface area contributed by atoms with Crippen LogP contribution in [0, 0.1) is 5.41 Å². The summed E-state index contributed by atoms with van der Waals surface area (Å²) in [6.07, 6.45) is 2.14. The minimum Gasteiger partial charge on any atom is -0.416 e. The maximum Gasteiger partial charge on any atom is 0.377 e. The van der Waals surface area contributed by atoms with Crippen molar-refractivity contribution < 1.29 is 4.65 Å². The fourth-order valence-electron chi connectivity index (χ4n) is 1.40. The number of hydrogen-bond donors (Lipinski definition) is 1. The van der Waals surface area contributed by atoms with E-state index in [0.717, 1.165) is 12.7 Å². The van der Waals surface area contributed by atoms with Gasteiger partial charge in [0.15, 0.2) is 0 Å². The largest absolute Gasteiger partial charge is 0.416 e. The van der Waals surface area contributed by atoms with Gasteiger partial charge in [-0.05, 0) is 32.0 Å². The van der Waals surface area contributed by atoms with Gasteiger partial charge in [0.05, 0.1) is 5.60 Å². The maximum atomic E-state index is 5.71. The monoisotopic (exact) mass is 155 g/mol. The highest BCUT2D eigenvalue weighted by molar-refractivity contribution is 6.48. The third-order valence-electron chi connectivity index (χ3n) is 3.13. The molecule has 2 N–H and O–H groups in total. The molecule has 1 saturated heterocycles. The Hall–Kier alpha value is -0.0151. The summed E-state index contributed by atoms with van der Waals surface area (Å²) in [6, 6.07) is 0. The van der Waals surface area contributed by atoms with Crippen molar-refractivity contribution in [3.63, 3.8) is 0 Å². The van der Waals surface area contributed by atoms with Gasteiger partial charge in [0.2, 0.25) is 0 Å². The average molecular weight is 155 g/mol.